The van der Waals surface area contributed by atoms with Crippen molar-refractivity contribution < 1.29 is 18.0 Å². The smallest absolute Gasteiger partial charge is 0.230 e. The Morgan fingerprint density at radius 3 is 2.69 bits per heavy atom. The van der Waals surface area contributed by atoms with Crippen LogP contribution in [0.4, 0.5) is 14.7 Å². The number of rotatable bonds is 2. The second kappa shape index (κ2) is 3.80. The van der Waals surface area contributed by atoms with E-state index in [1.807, 2.05) is 0 Å². The van der Waals surface area contributed by atoms with E-state index in [1.54, 1.807) is 0 Å². The highest BCUT2D eigenvalue weighted by Gasteiger charge is 2.20. The predicted molar refractivity (Wildman–Crippen MR) is 52.8 cm³/mol. The Labute approximate surface area is 89.6 Å². The van der Waals surface area contributed by atoms with Gasteiger partial charge in [0.1, 0.15) is 5.82 Å². The second-order valence-corrected chi connectivity index (χ2v) is 3.04. The van der Waals surface area contributed by atoms with Gasteiger partial charge in [0.15, 0.2) is 11.6 Å². The molecule has 6 heteroatoms. The molecule has 0 aliphatic heterocycles. The van der Waals surface area contributed by atoms with E-state index in [0.29, 0.717) is 0 Å². The van der Waals surface area contributed by atoms with Gasteiger partial charge in [-0.25, -0.2) is 8.78 Å². The number of halogens is 2. The molecule has 0 aliphatic carbocycles. The average Bonchev–Trinajstić information content (AvgIpc) is 2.66. The molecule has 0 saturated carbocycles. The number of aromatic nitrogens is 1. The van der Waals surface area contributed by atoms with Gasteiger partial charge in [0.2, 0.25) is 5.88 Å². The standard InChI is InChI=1S/C10H8F2N2O2/c1-15-7-3-2-6(11)8(9(7)12)5-4-14-16-10(5)13/h2-4H,13H2,1H3. The summed E-state index contributed by atoms with van der Waals surface area (Å²) in [6.07, 6.45) is 1.15. The van der Waals surface area contributed by atoms with E-state index < -0.39 is 11.6 Å². The summed E-state index contributed by atoms with van der Waals surface area (Å²) in [7, 11) is 1.29. The normalized spacial score (nSPS) is 10.4. The highest BCUT2D eigenvalue weighted by Crippen LogP contribution is 2.34. The van der Waals surface area contributed by atoms with Crippen molar-refractivity contribution in [1.82, 2.24) is 5.16 Å². The topological polar surface area (TPSA) is 61.3 Å². The van der Waals surface area contributed by atoms with E-state index in [0.717, 1.165) is 12.3 Å². The lowest BCUT2D eigenvalue weighted by Gasteiger charge is -2.07. The van der Waals surface area contributed by atoms with E-state index in [4.69, 9.17) is 10.5 Å². The molecular weight excluding hydrogens is 218 g/mol. The van der Waals surface area contributed by atoms with Crippen LogP contribution < -0.4 is 10.5 Å². The van der Waals surface area contributed by atoms with E-state index in [-0.39, 0.29) is 22.8 Å². The van der Waals surface area contributed by atoms with Crippen LogP contribution in [0.3, 0.4) is 0 Å². The molecule has 2 rings (SSSR count). The molecule has 2 aromatic rings. The van der Waals surface area contributed by atoms with Crippen LogP contribution in [0.25, 0.3) is 11.1 Å². The Morgan fingerprint density at radius 2 is 2.12 bits per heavy atom. The van der Waals surface area contributed by atoms with Gasteiger partial charge in [-0.15, -0.1) is 0 Å². The number of hydrogen-bond donors (Lipinski definition) is 1. The molecular formula is C10H8F2N2O2. The number of benzene rings is 1. The summed E-state index contributed by atoms with van der Waals surface area (Å²) in [5.41, 5.74) is 5.16. The summed E-state index contributed by atoms with van der Waals surface area (Å²) < 4.78 is 36.6. The van der Waals surface area contributed by atoms with Crippen LogP contribution in [0.15, 0.2) is 22.9 Å². The van der Waals surface area contributed by atoms with Crippen molar-refractivity contribution in [1.29, 1.82) is 0 Å². The fourth-order valence-electron chi connectivity index (χ4n) is 1.37. The van der Waals surface area contributed by atoms with Crippen molar-refractivity contribution in [2.24, 2.45) is 0 Å². The summed E-state index contributed by atoms with van der Waals surface area (Å²) in [5.74, 6) is -1.81. The quantitative estimate of drug-likeness (QED) is 0.852. The van der Waals surface area contributed by atoms with E-state index >= 15 is 0 Å². The number of hydrogen-bond acceptors (Lipinski definition) is 4. The van der Waals surface area contributed by atoms with E-state index in [9.17, 15) is 8.78 Å². The van der Waals surface area contributed by atoms with Crippen LogP contribution in [-0.4, -0.2) is 12.3 Å². The highest BCUT2D eigenvalue weighted by molar-refractivity contribution is 5.74. The van der Waals surface area contributed by atoms with Crippen LogP contribution in [0.2, 0.25) is 0 Å². The monoisotopic (exact) mass is 226 g/mol. The molecule has 0 spiro atoms. The van der Waals surface area contributed by atoms with Crippen LogP contribution in [0.5, 0.6) is 5.75 Å². The van der Waals surface area contributed by atoms with Gasteiger partial charge < -0.3 is 15.0 Å². The maximum atomic E-state index is 13.8. The zero-order valence-electron chi connectivity index (χ0n) is 8.33. The molecule has 0 radical (unpaired) electrons. The van der Waals surface area contributed by atoms with Gasteiger partial charge in [-0.1, -0.05) is 5.16 Å². The molecule has 0 aliphatic rings. The predicted octanol–water partition coefficient (Wildman–Crippen LogP) is 2.21. The number of ether oxygens (including phenoxy) is 1. The SMILES string of the molecule is COc1ccc(F)c(-c2cnoc2N)c1F. The molecule has 0 fully saturated rings. The molecule has 0 amide bonds. The molecule has 84 valence electrons. The summed E-state index contributed by atoms with van der Waals surface area (Å²) in [4.78, 5) is 0. The van der Waals surface area contributed by atoms with Crippen molar-refractivity contribution in [3.63, 3.8) is 0 Å². The number of nitrogens with two attached hydrogens (primary N) is 1. The fraction of sp³-hybridized carbons (Fsp3) is 0.100. The maximum absolute atomic E-state index is 13.8. The highest BCUT2D eigenvalue weighted by atomic mass is 19.1. The average molecular weight is 226 g/mol. The number of nitrogen functional groups attached to an aromatic ring is 1. The Morgan fingerprint density at radius 1 is 1.38 bits per heavy atom. The van der Waals surface area contributed by atoms with Crippen LogP contribution in [0.1, 0.15) is 0 Å². The summed E-state index contributed by atoms with van der Waals surface area (Å²) >= 11 is 0. The van der Waals surface area contributed by atoms with Crippen molar-refractivity contribution >= 4 is 5.88 Å². The maximum Gasteiger partial charge on any atom is 0.230 e. The molecule has 1 aromatic heterocycles. The lowest BCUT2D eigenvalue weighted by molar-refractivity contribution is 0.385. The van der Waals surface area contributed by atoms with Gasteiger partial charge in [-0.05, 0) is 12.1 Å². The first-order valence-electron chi connectivity index (χ1n) is 4.37. The van der Waals surface area contributed by atoms with Gasteiger partial charge in [0.05, 0.1) is 24.4 Å². The van der Waals surface area contributed by atoms with Gasteiger partial charge in [-0.2, -0.15) is 0 Å². The Bertz CT molecular complexity index is 526. The molecule has 1 aromatic carbocycles. The van der Waals surface area contributed by atoms with Crippen molar-refractivity contribution in [2.45, 2.75) is 0 Å². The molecule has 2 N–H and O–H groups in total. The minimum absolute atomic E-state index is 0.0638. The summed E-state index contributed by atoms with van der Waals surface area (Å²) in [5, 5.41) is 3.36. The first-order valence-corrected chi connectivity index (χ1v) is 4.37. The lowest BCUT2D eigenvalue weighted by atomic mass is 10.1. The van der Waals surface area contributed by atoms with Crippen LogP contribution in [-0.2, 0) is 0 Å². The third-order valence-corrected chi connectivity index (χ3v) is 2.14. The zero-order chi connectivity index (χ0) is 11.7. The Hall–Kier alpha value is -2.11. The third kappa shape index (κ3) is 1.48. The summed E-state index contributed by atoms with van der Waals surface area (Å²) in [6, 6.07) is 2.28. The van der Waals surface area contributed by atoms with Crippen molar-refractivity contribution in [3.05, 3.63) is 30.0 Å². The molecule has 1 heterocycles. The van der Waals surface area contributed by atoms with Gasteiger partial charge in [0, 0.05) is 0 Å². The fourth-order valence-corrected chi connectivity index (χ4v) is 1.37. The lowest BCUT2D eigenvalue weighted by Crippen LogP contribution is -1.96. The van der Waals surface area contributed by atoms with Gasteiger partial charge in [-0.3, -0.25) is 0 Å². The van der Waals surface area contributed by atoms with E-state index in [2.05, 4.69) is 9.68 Å². The molecule has 0 unspecified atom stereocenters. The number of anilines is 1. The van der Waals surface area contributed by atoms with Crippen LogP contribution >= 0.6 is 0 Å². The molecule has 0 atom stereocenters. The van der Waals surface area contributed by atoms with Crippen LogP contribution in [0, 0.1) is 11.6 Å². The Kier molecular flexibility index (Phi) is 2.47. The minimum atomic E-state index is -0.836. The first kappa shape index (κ1) is 10.4. The molecule has 4 nitrogen and oxygen atoms in total. The first-order chi connectivity index (χ1) is 7.65. The minimum Gasteiger partial charge on any atom is -0.494 e. The summed E-state index contributed by atoms with van der Waals surface area (Å²) in [6.45, 7) is 0. The zero-order valence-corrected chi connectivity index (χ0v) is 8.33. The molecule has 0 saturated heterocycles. The Balaban J connectivity index is 2.69. The third-order valence-electron chi connectivity index (χ3n) is 2.14. The van der Waals surface area contributed by atoms with Gasteiger partial charge >= 0.3 is 0 Å². The molecule has 0 bridgehead atoms. The van der Waals surface area contributed by atoms with Gasteiger partial charge in [0.25, 0.3) is 0 Å². The number of nitrogens with zero attached hydrogens (tertiary/aromatic N) is 1. The number of methoxy groups -OCH3 is 1. The molecule has 16 heavy (non-hydrogen) atoms. The van der Waals surface area contributed by atoms with Crippen molar-refractivity contribution in [2.75, 3.05) is 12.8 Å². The largest absolute Gasteiger partial charge is 0.494 e. The van der Waals surface area contributed by atoms with Crippen molar-refractivity contribution in [3.8, 4) is 16.9 Å². The van der Waals surface area contributed by atoms with E-state index in [1.165, 1.54) is 13.2 Å². The second-order valence-electron chi connectivity index (χ2n) is 3.04.